The molecule has 1 aromatic carbocycles. The number of H-pyrrole nitrogens is 1. The quantitative estimate of drug-likeness (QED) is 0.772. The fourth-order valence-electron chi connectivity index (χ4n) is 3.20. The molecular weight excluding hydrogens is 258 g/mol. The summed E-state index contributed by atoms with van der Waals surface area (Å²) in [5.41, 5.74) is 10.2. The number of nitrogens with one attached hydrogen (secondary N) is 1. The van der Waals surface area contributed by atoms with Gasteiger partial charge in [0, 0.05) is 34.9 Å². The zero-order chi connectivity index (χ0) is 12.8. The lowest BCUT2D eigenvalue weighted by Gasteiger charge is -2.35. The lowest BCUT2D eigenvalue weighted by Crippen LogP contribution is -2.44. The van der Waals surface area contributed by atoms with Gasteiger partial charge >= 0.3 is 0 Å². The number of nitrogens with two attached hydrogens (primary N) is 1. The lowest BCUT2D eigenvalue weighted by molar-refractivity contribution is -0.175. The Morgan fingerprint density at radius 3 is 3.21 bits per heavy atom. The summed E-state index contributed by atoms with van der Waals surface area (Å²) in [6.45, 7) is 0.924. The molecule has 2 aliphatic heterocycles. The number of hydrogen-bond acceptors (Lipinski definition) is 4. The van der Waals surface area contributed by atoms with E-state index in [9.17, 15) is 0 Å². The summed E-state index contributed by atoms with van der Waals surface area (Å²) >= 11 is 1.77. The van der Waals surface area contributed by atoms with Crippen LogP contribution in [0, 0.1) is 0 Å². The molecule has 19 heavy (non-hydrogen) atoms. The molecule has 2 aliphatic rings. The number of para-hydroxylation sites is 1. The van der Waals surface area contributed by atoms with E-state index in [4.69, 9.17) is 10.6 Å². The van der Waals surface area contributed by atoms with Crippen LogP contribution in [0.3, 0.4) is 0 Å². The molecule has 0 aliphatic carbocycles. The Balaban J connectivity index is 1.88. The average Bonchev–Trinajstić information content (AvgIpc) is 2.70. The Labute approximate surface area is 116 Å². The van der Waals surface area contributed by atoms with Gasteiger partial charge in [-0.3, -0.25) is 4.84 Å². The second-order valence-electron chi connectivity index (χ2n) is 5.18. The van der Waals surface area contributed by atoms with E-state index < -0.39 is 0 Å². The summed E-state index contributed by atoms with van der Waals surface area (Å²) in [5.74, 6) is 1.65. The second-order valence-corrected chi connectivity index (χ2v) is 6.16. The van der Waals surface area contributed by atoms with Crippen LogP contribution in [-0.4, -0.2) is 34.3 Å². The Morgan fingerprint density at radius 2 is 2.26 bits per heavy atom. The average molecular weight is 275 g/mol. The number of fused-ring (bicyclic) bond motifs is 5. The molecule has 0 radical (unpaired) electrons. The molecule has 1 unspecified atom stereocenters. The highest BCUT2D eigenvalue weighted by Gasteiger charge is 2.36. The Morgan fingerprint density at radius 1 is 1.37 bits per heavy atom. The molecule has 1 fully saturated rings. The van der Waals surface area contributed by atoms with Crippen molar-refractivity contribution in [2.45, 2.75) is 18.5 Å². The number of aromatic nitrogens is 1. The number of nitrogens with zero attached hydrogens (tertiary/aromatic N) is 1. The molecule has 0 bridgehead atoms. The summed E-state index contributed by atoms with van der Waals surface area (Å²) in [6.07, 6.45) is 1.02. The van der Waals surface area contributed by atoms with Gasteiger partial charge in [-0.15, -0.1) is 11.8 Å². The molecule has 0 saturated carbocycles. The molecule has 0 spiro atoms. The number of aromatic amines is 1. The highest BCUT2D eigenvalue weighted by Crippen LogP contribution is 2.38. The van der Waals surface area contributed by atoms with Gasteiger partial charge in [-0.2, -0.15) is 5.06 Å². The van der Waals surface area contributed by atoms with Gasteiger partial charge in [0.1, 0.15) is 5.94 Å². The van der Waals surface area contributed by atoms with Crippen molar-refractivity contribution in [3.05, 3.63) is 35.5 Å². The maximum atomic E-state index is 6.36. The fourth-order valence-corrected chi connectivity index (χ4v) is 3.96. The highest BCUT2D eigenvalue weighted by atomic mass is 32.2. The van der Waals surface area contributed by atoms with Crippen molar-refractivity contribution in [1.29, 1.82) is 0 Å². The van der Waals surface area contributed by atoms with Crippen LogP contribution in [0.2, 0.25) is 0 Å². The van der Waals surface area contributed by atoms with Crippen molar-refractivity contribution in [2.75, 3.05) is 18.2 Å². The van der Waals surface area contributed by atoms with E-state index >= 15 is 0 Å². The minimum atomic E-state index is 0.111. The van der Waals surface area contributed by atoms with Crippen molar-refractivity contribution >= 4 is 22.7 Å². The third kappa shape index (κ3) is 1.80. The van der Waals surface area contributed by atoms with E-state index in [1.54, 1.807) is 11.8 Å². The summed E-state index contributed by atoms with van der Waals surface area (Å²) in [7, 11) is 0. The standard InChI is InChI=1S/C14H17N3OS/c15-11-7-19-8-18-17-6-5-10-9-3-1-2-4-12(9)16-13(10)14(11)17/h1-4,11,14,16H,5-8,15H2/t11?,14-/m0/s1. The van der Waals surface area contributed by atoms with Crippen molar-refractivity contribution in [3.63, 3.8) is 0 Å². The first-order valence-electron chi connectivity index (χ1n) is 6.67. The number of thioether (sulfide) groups is 1. The SMILES string of the molecule is NC1CSCON2CCc3c([nH]c4ccccc34)[C@H]12. The van der Waals surface area contributed by atoms with Gasteiger partial charge in [0.15, 0.2) is 0 Å². The molecular formula is C14H17N3OS. The second kappa shape index (κ2) is 4.52. The van der Waals surface area contributed by atoms with Crippen LogP contribution < -0.4 is 5.73 Å². The molecule has 2 atom stereocenters. The molecule has 1 saturated heterocycles. The fraction of sp³-hybridized carbons (Fsp3) is 0.429. The molecule has 100 valence electrons. The molecule has 3 N–H and O–H groups in total. The monoisotopic (exact) mass is 275 g/mol. The van der Waals surface area contributed by atoms with Gasteiger partial charge in [0.25, 0.3) is 0 Å². The zero-order valence-electron chi connectivity index (χ0n) is 10.6. The van der Waals surface area contributed by atoms with Crippen LogP contribution >= 0.6 is 11.8 Å². The number of hydrogen-bond donors (Lipinski definition) is 2. The molecule has 3 heterocycles. The molecule has 4 nitrogen and oxygen atoms in total. The third-order valence-electron chi connectivity index (χ3n) is 4.05. The van der Waals surface area contributed by atoms with Crippen LogP contribution in [0.4, 0.5) is 0 Å². The predicted octanol–water partition coefficient (Wildman–Crippen LogP) is 2.03. The normalized spacial score (nSPS) is 27.8. The lowest BCUT2D eigenvalue weighted by atomic mass is 9.95. The third-order valence-corrected chi connectivity index (χ3v) is 4.95. The summed E-state index contributed by atoms with van der Waals surface area (Å²) in [4.78, 5) is 9.39. The van der Waals surface area contributed by atoms with Crippen molar-refractivity contribution in [3.8, 4) is 0 Å². The molecule has 2 aromatic rings. The van der Waals surface area contributed by atoms with Crippen molar-refractivity contribution in [1.82, 2.24) is 10.0 Å². The van der Waals surface area contributed by atoms with Gasteiger partial charge in [-0.05, 0) is 18.1 Å². The summed E-state index contributed by atoms with van der Waals surface area (Å²) < 4.78 is 0. The maximum Gasteiger partial charge on any atom is 0.114 e. The largest absolute Gasteiger partial charge is 0.357 e. The zero-order valence-corrected chi connectivity index (χ0v) is 11.5. The van der Waals surface area contributed by atoms with E-state index in [2.05, 4.69) is 34.3 Å². The van der Waals surface area contributed by atoms with E-state index in [0.29, 0.717) is 5.94 Å². The molecule has 5 heteroatoms. The minimum absolute atomic E-state index is 0.111. The first kappa shape index (κ1) is 11.8. The molecule has 1 aromatic heterocycles. The maximum absolute atomic E-state index is 6.36. The minimum Gasteiger partial charge on any atom is -0.357 e. The molecule has 4 rings (SSSR count). The number of benzene rings is 1. The van der Waals surface area contributed by atoms with Crippen LogP contribution in [0.15, 0.2) is 24.3 Å². The van der Waals surface area contributed by atoms with Gasteiger partial charge in [-0.25, -0.2) is 0 Å². The van der Waals surface area contributed by atoms with Gasteiger partial charge < -0.3 is 10.7 Å². The molecule has 0 amide bonds. The van der Waals surface area contributed by atoms with Crippen LogP contribution in [-0.2, 0) is 11.3 Å². The Kier molecular flexibility index (Phi) is 2.81. The Hall–Kier alpha value is -1.01. The van der Waals surface area contributed by atoms with Crippen LogP contribution in [0.5, 0.6) is 0 Å². The van der Waals surface area contributed by atoms with E-state index in [1.165, 1.54) is 22.2 Å². The number of rotatable bonds is 0. The smallest absolute Gasteiger partial charge is 0.114 e. The van der Waals surface area contributed by atoms with E-state index in [0.717, 1.165) is 18.7 Å². The first-order chi connectivity index (χ1) is 9.34. The topological polar surface area (TPSA) is 54.3 Å². The van der Waals surface area contributed by atoms with Gasteiger partial charge in [0.2, 0.25) is 0 Å². The first-order valence-corrected chi connectivity index (χ1v) is 7.82. The van der Waals surface area contributed by atoms with E-state index in [-0.39, 0.29) is 12.1 Å². The van der Waals surface area contributed by atoms with Crippen LogP contribution in [0.1, 0.15) is 17.3 Å². The Bertz CT molecular complexity index is 612. The summed E-state index contributed by atoms with van der Waals surface area (Å²) in [5, 5.41) is 3.41. The van der Waals surface area contributed by atoms with Gasteiger partial charge in [-0.1, -0.05) is 18.2 Å². The van der Waals surface area contributed by atoms with E-state index in [1.807, 2.05) is 0 Å². The summed E-state index contributed by atoms with van der Waals surface area (Å²) in [6, 6.07) is 8.77. The van der Waals surface area contributed by atoms with Crippen LogP contribution in [0.25, 0.3) is 10.9 Å². The highest BCUT2D eigenvalue weighted by molar-refractivity contribution is 7.99. The van der Waals surface area contributed by atoms with Gasteiger partial charge in [0.05, 0.1) is 6.04 Å². The number of hydroxylamine groups is 2. The van der Waals surface area contributed by atoms with Crippen molar-refractivity contribution in [2.24, 2.45) is 5.73 Å². The van der Waals surface area contributed by atoms with Crippen molar-refractivity contribution < 1.29 is 4.84 Å². The predicted molar refractivity (Wildman–Crippen MR) is 77.8 cm³/mol.